The number of hydrogen-bond donors (Lipinski definition) is 0. The zero-order valence-electron chi connectivity index (χ0n) is 17.6. The molecule has 6 heteroatoms. The van der Waals surface area contributed by atoms with Gasteiger partial charge in [-0.2, -0.15) is 0 Å². The van der Waals surface area contributed by atoms with Crippen LogP contribution in [0.4, 0.5) is 20.6 Å². The van der Waals surface area contributed by atoms with E-state index >= 15 is 0 Å². The van der Waals surface area contributed by atoms with E-state index < -0.39 is 6.09 Å². The average Bonchev–Trinajstić information content (AvgIpc) is 3.13. The van der Waals surface area contributed by atoms with Crippen LogP contribution in [0, 0.1) is 12.7 Å². The molecule has 0 spiro atoms. The first kappa shape index (κ1) is 20.7. The van der Waals surface area contributed by atoms with Crippen molar-refractivity contribution in [1.82, 2.24) is 0 Å². The molecule has 1 amide bonds. The standard InChI is InChI=1S/C24H29FN2O3/c1-17-3-6-19(7-4-17)18(2)5-9-21-16-27(24(28)30-21)20-8-10-23(22(25)15-20)26-11-13-29-14-12-26/h3-4,6-8,10,15,18,21H,5,9,11-14,16H2,1-2H3/t18-,21+/m1/s1. The highest BCUT2D eigenvalue weighted by atomic mass is 19.1. The maximum Gasteiger partial charge on any atom is 0.414 e. The molecule has 2 aromatic rings. The summed E-state index contributed by atoms with van der Waals surface area (Å²) in [5, 5.41) is 0. The molecular formula is C24H29FN2O3. The molecule has 0 bridgehead atoms. The lowest BCUT2D eigenvalue weighted by molar-refractivity contribution is 0.122. The number of hydrogen-bond acceptors (Lipinski definition) is 4. The Hall–Kier alpha value is -2.60. The second-order valence-electron chi connectivity index (χ2n) is 8.24. The summed E-state index contributed by atoms with van der Waals surface area (Å²) in [6.45, 7) is 7.27. The maximum absolute atomic E-state index is 14.7. The summed E-state index contributed by atoms with van der Waals surface area (Å²) < 4.78 is 25.6. The van der Waals surface area contributed by atoms with E-state index in [4.69, 9.17) is 9.47 Å². The largest absolute Gasteiger partial charge is 0.444 e. The van der Waals surface area contributed by atoms with Crippen LogP contribution in [-0.2, 0) is 9.47 Å². The SMILES string of the molecule is Cc1ccc([C@H](C)CC[C@H]2CN(c3ccc(N4CCOCC4)c(F)c3)C(=O)O2)cc1. The topological polar surface area (TPSA) is 42.0 Å². The monoisotopic (exact) mass is 412 g/mol. The van der Waals surface area contributed by atoms with Crippen molar-refractivity contribution in [3.8, 4) is 0 Å². The molecule has 2 aliphatic rings. The van der Waals surface area contributed by atoms with E-state index in [1.165, 1.54) is 22.1 Å². The van der Waals surface area contributed by atoms with Gasteiger partial charge in [0.15, 0.2) is 0 Å². The van der Waals surface area contributed by atoms with Crippen molar-refractivity contribution < 1.29 is 18.7 Å². The lowest BCUT2D eigenvalue weighted by atomic mass is 9.94. The Balaban J connectivity index is 1.36. The highest BCUT2D eigenvalue weighted by molar-refractivity contribution is 5.90. The van der Waals surface area contributed by atoms with Gasteiger partial charge < -0.3 is 14.4 Å². The van der Waals surface area contributed by atoms with E-state index in [9.17, 15) is 9.18 Å². The van der Waals surface area contributed by atoms with Gasteiger partial charge in [0.2, 0.25) is 0 Å². The molecule has 0 aromatic heterocycles. The molecule has 5 nitrogen and oxygen atoms in total. The van der Waals surface area contributed by atoms with Crippen LogP contribution in [0.15, 0.2) is 42.5 Å². The normalized spacial score (nSPS) is 20.4. The minimum absolute atomic E-state index is 0.174. The zero-order valence-corrected chi connectivity index (χ0v) is 17.6. The molecule has 2 aliphatic heterocycles. The number of rotatable bonds is 6. The minimum atomic E-state index is -0.401. The molecule has 0 N–H and O–H groups in total. The van der Waals surface area contributed by atoms with Gasteiger partial charge in [0.05, 0.1) is 31.1 Å². The molecule has 2 atom stereocenters. The van der Waals surface area contributed by atoms with Crippen LogP contribution in [-0.4, -0.2) is 45.0 Å². The second-order valence-corrected chi connectivity index (χ2v) is 8.24. The van der Waals surface area contributed by atoms with E-state index in [2.05, 4.69) is 38.1 Å². The Morgan fingerprint density at radius 3 is 2.57 bits per heavy atom. The van der Waals surface area contributed by atoms with Crippen molar-refractivity contribution in [3.63, 3.8) is 0 Å². The Morgan fingerprint density at radius 2 is 1.87 bits per heavy atom. The number of carbonyl (C=O) groups excluding carboxylic acids is 1. The molecule has 0 unspecified atom stereocenters. The Morgan fingerprint density at radius 1 is 1.13 bits per heavy atom. The number of halogens is 1. The van der Waals surface area contributed by atoms with Gasteiger partial charge in [0, 0.05) is 13.1 Å². The van der Waals surface area contributed by atoms with E-state index in [0.717, 1.165) is 12.8 Å². The summed E-state index contributed by atoms with van der Waals surface area (Å²) in [6.07, 6.45) is 1.14. The molecule has 2 fully saturated rings. The number of carbonyl (C=O) groups is 1. The van der Waals surface area contributed by atoms with Gasteiger partial charge in [0.1, 0.15) is 11.9 Å². The number of cyclic esters (lactones) is 1. The number of benzene rings is 2. The average molecular weight is 413 g/mol. The smallest absolute Gasteiger partial charge is 0.414 e. The quantitative estimate of drug-likeness (QED) is 0.678. The first-order chi connectivity index (χ1) is 14.5. The van der Waals surface area contributed by atoms with Crippen molar-refractivity contribution in [3.05, 3.63) is 59.4 Å². The van der Waals surface area contributed by atoms with Crippen LogP contribution >= 0.6 is 0 Å². The van der Waals surface area contributed by atoms with Crippen LogP contribution in [0.3, 0.4) is 0 Å². The van der Waals surface area contributed by atoms with E-state index in [0.29, 0.717) is 50.1 Å². The van der Waals surface area contributed by atoms with Crippen LogP contribution in [0.2, 0.25) is 0 Å². The minimum Gasteiger partial charge on any atom is -0.444 e. The van der Waals surface area contributed by atoms with Crippen molar-refractivity contribution >= 4 is 17.5 Å². The summed E-state index contributed by atoms with van der Waals surface area (Å²) in [4.78, 5) is 15.9. The number of nitrogens with zero attached hydrogens (tertiary/aromatic N) is 2. The van der Waals surface area contributed by atoms with Crippen LogP contribution in [0.5, 0.6) is 0 Å². The van der Waals surface area contributed by atoms with Crippen molar-refractivity contribution in [2.45, 2.75) is 38.7 Å². The Bertz CT molecular complexity index is 881. The van der Waals surface area contributed by atoms with Gasteiger partial charge in [0.25, 0.3) is 0 Å². The number of aryl methyl sites for hydroxylation is 1. The van der Waals surface area contributed by atoms with Gasteiger partial charge in [-0.3, -0.25) is 4.90 Å². The number of anilines is 2. The lowest BCUT2D eigenvalue weighted by Gasteiger charge is -2.29. The summed E-state index contributed by atoms with van der Waals surface area (Å²) in [7, 11) is 0. The third-order valence-electron chi connectivity index (χ3n) is 6.04. The second kappa shape index (κ2) is 9.04. The van der Waals surface area contributed by atoms with Crippen LogP contribution < -0.4 is 9.80 Å². The molecule has 2 aromatic carbocycles. The molecule has 0 radical (unpaired) electrons. The Labute approximate surface area is 177 Å². The molecule has 30 heavy (non-hydrogen) atoms. The van der Waals surface area contributed by atoms with Crippen LogP contribution in [0.25, 0.3) is 0 Å². The fraction of sp³-hybridized carbons (Fsp3) is 0.458. The number of morpholine rings is 1. The highest BCUT2D eigenvalue weighted by Gasteiger charge is 2.33. The molecule has 4 rings (SSSR count). The van der Waals surface area contributed by atoms with Crippen molar-refractivity contribution in [2.75, 3.05) is 42.6 Å². The van der Waals surface area contributed by atoms with Crippen LogP contribution in [0.1, 0.15) is 36.8 Å². The maximum atomic E-state index is 14.7. The van der Waals surface area contributed by atoms with Gasteiger partial charge in [-0.05, 0) is 49.4 Å². The fourth-order valence-corrected chi connectivity index (χ4v) is 4.10. The molecule has 160 valence electrons. The first-order valence-corrected chi connectivity index (χ1v) is 10.7. The van der Waals surface area contributed by atoms with E-state index in [-0.39, 0.29) is 11.9 Å². The lowest BCUT2D eigenvalue weighted by Crippen LogP contribution is -2.36. The zero-order chi connectivity index (χ0) is 21.1. The van der Waals surface area contributed by atoms with E-state index in [1.807, 2.05) is 4.90 Å². The predicted molar refractivity (Wildman–Crippen MR) is 116 cm³/mol. The molecule has 0 aliphatic carbocycles. The van der Waals surface area contributed by atoms with Gasteiger partial charge >= 0.3 is 6.09 Å². The third kappa shape index (κ3) is 4.59. The third-order valence-corrected chi connectivity index (χ3v) is 6.04. The summed E-state index contributed by atoms with van der Waals surface area (Å²) in [6, 6.07) is 13.5. The molecular weight excluding hydrogens is 383 g/mol. The number of ether oxygens (including phenoxy) is 2. The summed E-state index contributed by atoms with van der Waals surface area (Å²) in [5.74, 6) is 0.0715. The predicted octanol–water partition coefficient (Wildman–Crippen LogP) is 4.88. The Kier molecular flexibility index (Phi) is 6.23. The number of amides is 1. The molecule has 2 saturated heterocycles. The van der Waals surface area contributed by atoms with Gasteiger partial charge in [-0.1, -0.05) is 36.8 Å². The first-order valence-electron chi connectivity index (χ1n) is 10.7. The summed E-state index contributed by atoms with van der Waals surface area (Å²) in [5.41, 5.74) is 3.64. The van der Waals surface area contributed by atoms with Gasteiger partial charge in [-0.25, -0.2) is 9.18 Å². The molecule has 0 saturated carbocycles. The van der Waals surface area contributed by atoms with Crippen molar-refractivity contribution in [1.29, 1.82) is 0 Å². The summed E-state index contributed by atoms with van der Waals surface area (Å²) >= 11 is 0. The van der Waals surface area contributed by atoms with Crippen molar-refractivity contribution in [2.24, 2.45) is 0 Å². The fourth-order valence-electron chi connectivity index (χ4n) is 4.10. The highest BCUT2D eigenvalue weighted by Crippen LogP contribution is 2.30. The molecule has 2 heterocycles. The van der Waals surface area contributed by atoms with Gasteiger partial charge in [-0.15, -0.1) is 0 Å². The van der Waals surface area contributed by atoms with E-state index in [1.54, 1.807) is 12.1 Å².